The number of esters is 1. The molecule has 0 saturated heterocycles. The first-order valence-corrected chi connectivity index (χ1v) is 8.54. The summed E-state index contributed by atoms with van der Waals surface area (Å²) in [5.41, 5.74) is 1.02. The molecule has 2 heterocycles. The molecule has 0 spiro atoms. The second kappa shape index (κ2) is 6.48. The van der Waals surface area contributed by atoms with Crippen LogP contribution in [-0.2, 0) is 16.0 Å². The topological polar surface area (TPSA) is 86.6 Å². The fourth-order valence-corrected chi connectivity index (χ4v) is 3.15. The van der Waals surface area contributed by atoms with Crippen LogP contribution in [0.4, 0.5) is 4.79 Å². The number of pyridine rings is 1. The molecule has 0 bridgehead atoms. The van der Waals surface area contributed by atoms with Gasteiger partial charge in [-0.05, 0) is 39.8 Å². The Morgan fingerprint density at radius 1 is 1.23 bits per heavy atom. The lowest BCUT2D eigenvalue weighted by atomic mass is 10.0. The van der Waals surface area contributed by atoms with E-state index >= 15 is 0 Å². The zero-order valence-electron chi connectivity index (χ0n) is 15.3. The van der Waals surface area contributed by atoms with Crippen molar-refractivity contribution in [1.82, 2.24) is 9.88 Å². The minimum atomic E-state index is -0.616. The van der Waals surface area contributed by atoms with E-state index in [4.69, 9.17) is 9.47 Å². The maximum atomic E-state index is 12.3. The van der Waals surface area contributed by atoms with E-state index < -0.39 is 23.7 Å². The largest absolute Gasteiger partial charge is 0.462 e. The van der Waals surface area contributed by atoms with Gasteiger partial charge in [0.15, 0.2) is 0 Å². The number of hydrogen-bond acceptors (Lipinski definition) is 5. The lowest BCUT2D eigenvalue weighted by Gasteiger charge is -2.22. The first-order chi connectivity index (χ1) is 12.2. The zero-order chi connectivity index (χ0) is 19.1. The number of nitrogens with zero attached hydrogens (tertiary/aromatic N) is 1. The first-order valence-electron chi connectivity index (χ1n) is 8.54. The number of aromatic nitrogens is 1. The number of ether oxygens (including phenoxy) is 2. The van der Waals surface area contributed by atoms with Gasteiger partial charge in [-0.1, -0.05) is 6.07 Å². The fraction of sp³-hybridized carbons (Fsp3) is 0.421. The van der Waals surface area contributed by atoms with Crippen LogP contribution in [-0.4, -0.2) is 28.8 Å². The van der Waals surface area contributed by atoms with Gasteiger partial charge in [0.05, 0.1) is 30.3 Å². The molecule has 1 aromatic carbocycles. The third kappa shape index (κ3) is 3.29. The molecule has 7 heteroatoms. The summed E-state index contributed by atoms with van der Waals surface area (Å²) < 4.78 is 12.0. The summed E-state index contributed by atoms with van der Waals surface area (Å²) in [6.07, 6.45) is -0.550. The van der Waals surface area contributed by atoms with Gasteiger partial charge in [0, 0.05) is 17.0 Å². The highest BCUT2D eigenvalue weighted by molar-refractivity contribution is 6.05. The predicted molar refractivity (Wildman–Crippen MR) is 96.3 cm³/mol. The van der Waals surface area contributed by atoms with Crippen molar-refractivity contribution in [3.8, 4) is 0 Å². The van der Waals surface area contributed by atoms with E-state index in [1.807, 2.05) is 0 Å². The number of rotatable bonds is 3. The molecule has 1 N–H and O–H groups in total. The molecule has 3 rings (SSSR count). The van der Waals surface area contributed by atoms with E-state index in [9.17, 15) is 14.4 Å². The molecule has 26 heavy (non-hydrogen) atoms. The average molecular weight is 358 g/mol. The molecule has 7 nitrogen and oxygen atoms in total. The SMILES string of the molecule is CCOC(=O)c1ccc2c3c1ccc(=O)n3C[C@@H]2NC(=O)OC(C)(C)C. The van der Waals surface area contributed by atoms with Crippen LogP contribution in [0.2, 0.25) is 0 Å². The monoisotopic (exact) mass is 358 g/mol. The molecule has 0 saturated carbocycles. The molecule has 138 valence electrons. The van der Waals surface area contributed by atoms with Crippen molar-refractivity contribution in [3.63, 3.8) is 0 Å². The Hall–Kier alpha value is -2.83. The molecule has 1 aromatic heterocycles. The van der Waals surface area contributed by atoms with Gasteiger partial charge in [-0.3, -0.25) is 4.79 Å². The lowest BCUT2D eigenvalue weighted by Crippen LogP contribution is -2.35. The van der Waals surface area contributed by atoms with Crippen LogP contribution in [0.25, 0.3) is 10.9 Å². The Morgan fingerprint density at radius 3 is 2.62 bits per heavy atom. The van der Waals surface area contributed by atoms with Crippen molar-refractivity contribution in [2.75, 3.05) is 6.61 Å². The van der Waals surface area contributed by atoms with Crippen LogP contribution in [0.15, 0.2) is 29.1 Å². The van der Waals surface area contributed by atoms with Gasteiger partial charge in [0.25, 0.3) is 5.56 Å². The number of alkyl carbamates (subject to hydrolysis) is 1. The van der Waals surface area contributed by atoms with Gasteiger partial charge >= 0.3 is 12.1 Å². The molecule has 2 aromatic rings. The zero-order valence-corrected chi connectivity index (χ0v) is 15.3. The van der Waals surface area contributed by atoms with Crippen LogP contribution in [0.3, 0.4) is 0 Å². The maximum Gasteiger partial charge on any atom is 0.408 e. The van der Waals surface area contributed by atoms with E-state index in [0.29, 0.717) is 16.5 Å². The number of nitrogens with one attached hydrogen (secondary N) is 1. The Bertz CT molecular complexity index is 939. The average Bonchev–Trinajstić information content (AvgIpc) is 2.89. The lowest BCUT2D eigenvalue weighted by molar-refractivity contribution is 0.0497. The number of benzene rings is 1. The van der Waals surface area contributed by atoms with Gasteiger partial charge in [-0.25, -0.2) is 9.59 Å². The maximum absolute atomic E-state index is 12.3. The van der Waals surface area contributed by atoms with E-state index in [0.717, 1.165) is 5.56 Å². The van der Waals surface area contributed by atoms with Gasteiger partial charge in [0.1, 0.15) is 5.60 Å². The van der Waals surface area contributed by atoms with Gasteiger partial charge < -0.3 is 19.4 Å². The third-order valence-electron chi connectivity index (χ3n) is 4.10. The van der Waals surface area contributed by atoms with Crippen LogP contribution in [0.5, 0.6) is 0 Å². The van der Waals surface area contributed by atoms with Crippen molar-refractivity contribution in [2.24, 2.45) is 0 Å². The van der Waals surface area contributed by atoms with Gasteiger partial charge in [-0.2, -0.15) is 0 Å². The van der Waals surface area contributed by atoms with Gasteiger partial charge in [-0.15, -0.1) is 0 Å². The van der Waals surface area contributed by atoms with Crippen LogP contribution < -0.4 is 10.9 Å². The van der Waals surface area contributed by atoms with E-state index in [-0.39, 0.29) is 18.7 Å². The molecule has 1 amide bonds. The van der Waals surface area contributed by atoms with Crippen molar-refractivity contribution in [1.29, 1.82) is 0 Å². The highest BCUT2D eigenvalue weighted by Crippen LogP contribution is 2.33. The fourth-order valence-electron chi connectivity index (χ4n) is 3.15. The molecule has 0 fully saturated rings. The molecule has 1 atom stereocenters. The Balaban J connectivity index is 2.01. The minimum Gasteiger partial charge on any atom is -0.462 e. The highest BCUT2D eigenvalue weighted by atomic mass is 16.6. The second-order valence-electron chi connectivity index (χ2n) is 7.17. The van der Waals surface area contributed by atoms with E-state index in [1.165, 1.54) is 6.07 Å². The Kier molecular flexibility index (Phi) is 4.48. The number of hydrogen-bond donors (Lipinski definition) is 1. The molecule has 0 radical (unpaired) electrons. The van der Waals surface area contributed by atoms with Crippen LogP contribution in [0, 0.1) is 0 Å². The molecule has 1 aliphatic rings. The molecular formula is C19H22N2O5. The summed E-state index contributed by atoms with van der Waals surface area (Å²) in [6.45, 7) is 7.65. The predicted octanol–water partition coefficient (Wildman–Crippen LogP) is 2.76. The van der Waals surface area contributed by atoms with Gasteiger partial charge in [0.2, 0.25) is 0 Å². The van der Waals surface area contributed by atoms with E-state index in [2.05, 4.69) is 5.32 Å². The molecular weight excluding hydrogens is 336 g/mol. The smallest absolute Gasteiger partial charge is 0.408 e. The standard InChI is InChI=1S/C19H22N2O5/c1-5-25-17(23)12-6-7-13-14(20-18(24)26-19(2,3)4)10-21-15(22)9-8-11(12)16(13)21/h6-9,14H,5,10H2,1-4H3,(H,20,24)/t14-/m0/s1. The third-order valence-corrected chi connectivity index (χ3v) is 4.10. The minimum absolute atomic E-state index is 0.187. The first kappa shape index (κ1) is 18.0. The summed E-state index contributed by atoms with van der Waals surface area (Å²) in [6, 6.07) is 6.06. The van der Waals surface area contributed by atoms with Crippen LogP contribution in [0.1, 0.15) is 49.7 Å². The quantitative estimate of drug-likeness (QED) is 0.853. The second-order valence-corrected chi connectivity index (χ2v) is 7.17. The Morgan fingerprint density at radius 2 is 1.96 bits per heavy atom. The highest BCUT2D eigenvalue weighted by Gasteiger charge is 2.30. The molecule has 1 aliphatic heterocycles. The molecule has 0 aliphatic carbocycles. The summed E-state index contributed by atoms with van der Waals surface area (Å²) in [5, 5.41) is 3.44. The number of carbonyl (C=O) groups is 2. The number of carbonyl (C=O) groups excluding carboxylic acids is 2. The Labute approximate surface area is 150 Å². The van der Waals surface area contributed by atoms with Crippen LogP contribution >= 0.6 is 0 Å². The van der Waals surface area contributed by atoms with Crippen molar-refractivity contribution >= 4 is 23.0 Å². The summed E-state index contributed by atoms with van der Waals surface area (Å²) in [4.78, 5) is 36.6. The molecule has 0 unspecified atom stereocenters. The summed E-state index contributed by atoms with van der Waals surface area (Å²) in [7, 11) is 0. The van der Waals surface area contributed by atoms with Crippen molar-refractivity contribution in [3.05, 3.63) is 45.7 Å². The number of amides is 1. The van der Waals surface area contributed by atoms with E-state index in [1.54, 1.807) is 50.5 Å². The summed E-state index contributed by atoms with van der Waals surface area (Å²) >= 11 is 0. The summed E-state index contributed by atoms with van der Waals surface area (Å²) in [5.74, 6) is -0.437. The van der Waals surface area contributed by atoms with Crippen molar-refractivity contribution in [2.45, 2.75) is 45.9 Å². The normalized spacial score (nSPS) is 15.8. The van der Waals surface area contributed by atoms with Crippen molar-refractivity contribution < 1.29 is 19.1 Å².